The lowest BCUT2D eigenvalue weighted by molar-refractivity contribution is 0.0902. The van der Waals surface area contributed by atoms with Crippen LogP contribution in [0.3, 0.4) is 0 Å². The molecule has 0 saturated carbocycles. The highest BCUT2D eigenvalue weighted by Gasteiger charge is 2.16. The molecule has 1 aromatic carbocycles. The largest absolute Gasteiger partial charge is 0.492 e. The SMILES string of the molecule is CC(N)Cc1cccc(Cl)c1OCCC1CCCO1. The van der Waals surface area contributed by atoms with Crippen molar-refractivity contribution in [1.82, 2.24) is 0 Å². The predicted molar refractivity (Wildman–Crippen MR) is 77.9 cm³/mol. The van der Waals surface area contributed by atoms with E-state index in [2.05, 4.69) is 0 Å². The van der Waals surface area contributed by atoms with Crippen molar-refractivity contribution in [3.05, 3.63) is 28.8 Å². The third-order valence-electron chi connectivity index (χ3n) is 3.30. The maximum absolute atomic E-state index is 6.21. The summed E-state index contributed by atoms with van der Waals surface area (Å²) in [6.45, 7) is 3.50. The maximum Gasteiger partial charge on any atom is 0.141 e. The van der Waals surface area contributed by atoms with Crippen LogP contribution in [0, 0.1) is 0 Å². The van der Waals surface area contributed by atoms with E-state index in [0.717, 1.165) is 43.6 Å². The zero-order chi connectivity index (χ0) is 13.7. The Morgan fingerprint density at radius 1 is 1.53 bits per heavy atom. The summed E-state index contributed by atoms with van der Waals surface area (Å²) in [5.74, 6) is 0.777. The van der Waals surface area contributed by atoms with Crippen molar-refractivity contribution in [3.8, 4) is 5.75 Å². The average molecular weight is 284 g/mol. The molecule has 1 fully saturated rings. The zero-order valence-corrected chi connectivity index (χ0v) is 12.2. The molecule has 2 N–H and O–H groups in total. The summed E-state index contributed by atoms with van der Waals surface area (Å²) in [5, 5.41) is 0.658. The third-order valence-corrected chi connectivity index (χ3v) is 3.60. The highest BCUT2D eigenvalue weighted by Crippen LogP contribution is 2.30. The van der Waals surface area contributed by atoms with E-state index in [1.807, 2.05) is 25.1 Å². The lowest BCUT2D eigenvalue weighted by Crippen LogP contribution is -2.19. The van der Waals surface area contributed by atoms with Crippen molar-refractivity contribution in [2.24, 2.45) is 5.73 Å². The first-order valence-electron chi connectivity index (χ1n) is 6.94. The van der Waals surface area contributed by atoms with Crippen molar-refractivity contribution in [2.45, 2.75) is 44.8 Å². The molecular weight excluding hydrogens is 262 g/mol. The summed E-state index contributed by atoms with van der Waals surface area (Å²) in [7, 11) is 0. The number of hydrogen-bond donors (Lipinski definition) is 1. The van der Waals surface area contributed by atoms with E-state index in [4.69, 9.17) is 26.8 Å². The Morgan fingerprint density at radius 3 is 3.05 bits per heavy atom. The average Bonchev–Trinajstić information content (AvgIpc) is 2.85. The van der Waals surface area contributed by atoms with Gasteiger partial charge in [-0.15, -0.1) is 0 Å². The first-order chi connectivity index (χ1) is 9.16. The van der Waals surface area contributed by atoms with Crippen molar-refractivity contribution in [2.75, 3.05) is 13.2 Å². The minimum absolute atomic E-state index is 0.0963. The summed E-state index contributed by atoms with van der Waals surface area (Å²) in [6.07, 6.45) is 4.34. The minimum atomic E-state index is 0.0963. The Morgan fingerprint density at radius 2 is 2.37 bits per heavy atom. The van der Waals surface area contributed by atoms with Crippen LogP contribution in [-0.2, 0) is 11.2 Å². The predicted octanol–water partition coefficient (Wildman–Crippen LogP) is 3.18. The van der Waals surface area contributed by atoms with Crippen LogP contribution in [0.15, 0.2) is 18.2 Å². The summed E-state index contributed by atoms with van der Waals surface area (Å²) >= 11 is 6.21. The fourth-order valence-corrected chi connectivity index (χ4v) is 2.64. The third kappa shape index (κ3) is 4.37. The molecule has 0 aliphatic carbocycles. The molecule has 4 heteroatoms. The molecule has 0 amide bonds. The van der Waals surface area contributed by atoms with E-state index in [0.29, 0.717) is 17.7 Å². The molecule has 106 valence electrons. The van der Waals surface area contributed by atoms with E-state index >= 15 is 0 Å². The Balaban J connectivity index is 1.93. The molecule has 2 atom stereocenters. The Bertz CT molecular complexity index is 403. The molecule has 2 rings (SSSR count). The van der Waals surface area contributed by atoms with Crippen LogP contribution in [0.4, 0.5) is 0 Å². The van der Waals surface area contributed by atoms with Crippen LogP contribution < -0.4 is 10.5 Å². The molecule has 1 aliphatic rings. The summed E-state index contributed by atoms with van der Waals surface area (Å²) in [6, 6.07) is 5.91. The van der Waals surface area contributed by atoms with Crippen LogP contribution in [-0.4, -0.2) is 25.4 Å². The Hall–Kier alpha value is -0.770. The fraction of sp³-hybridized carbons (Fsp3) is 0.600. The van der Waals surface area contributed by atoms with Gasteiger partial charge in [0.1, 0.15) is 5.75 Å². The number of rotatable bonds is 6. The minimum Gasteiger partial charge on any atom is -0.492 e. The van der Waals surface area contributed by atoms with E-state index < -0.39 is 0 Å². The quantitative estimate of drug-likeness (QED) is 0.872. The van der Waals surface area contributed by atoms with E-state index in [-0.39, 0.29) is 6.04 Å². The van der Waals surface area contributed by atoms with E-state index in [1.165, 1.54) is 0 Å². The Kier molecular flexibility index (Phi) is 5.49. The number of benzene rings is 1. The van der Waals surface area contributed by atoms with Gasteiger partial charge in [0.2, 0.25) is 0 Å². The van der Waals surface area contributed by atoms with Crippen molar-refractivity contribution in [1.29, 1.82) is 0 Å². The molecule has 1 aliphatic heterocycles. The summed E-state index contributed by atoms with van der Waals surface area (Å²) in [5.41, 5.74) is 6.93. The Labute approximate surface area is 120 Å². The number of halogens is 1. The van der Waals surface area contributed by atoms with Crippen LogP contribution in [0.25, 0.3) is 0 Å². The van der Waals surface area contributed by atoms with Gasteiger partial charge in [-0.25, -0.2) is 0 Å². The molecule has 1 heterocycles. The van der Waals surface area contributed by atoms with Gasteiger partial charge in [0.15, 0.2) is 0 Å². The van der Waals surface area contributed by atoms with Crippen molar-refractivity contribution in [3.63, 3.8) is 0 Å². The summed E-state index contributed by atoms with van der Waals surface area (Å²) < 4.78 is 11.4. The molecule has 1 saturated heterocycles. The second-order valence-electron chi connectivity index (χ2n) is 5.18. The highest BCUT2D eigenvalue weighted by atomic mass is 35.5. The van der Waals surface area contributed by atoms with Crippen LogP contribution >= 0.6 is 11.6 Å². The second-order valence-corrected chi connectivity index (χ2v) is 5.59. The smallest absolute Gasteiger partial charge is 0.141 e. The number of para-hydroxylation sites is 1. The molecule has 3 nitrogen and oxygen atoms in total. The van der Waals surface area contributed by atoms with Crippen LogP contribution in [0.2, 0.25) is 5.02 Å². The zero-order valence-electron chi connectivity index (χ0n) is 11.4. The van der Waals surface area contributed by atoms with Gasteiger partial charge in [0.25, 0.3) is 0 Å². The van der Waals surface area contributed by atoms with Gasteiger partial charge in [0, 0.05) is 19.1 Å². The van der Waals surface area contributed by atoms with Gasteiger partial charge < -0.3 is 15.2 Å². The first kappa shape index (κ1) is 14.6. The molecule has 0 spiro atoms. The van der Waals surface area contributed by atoms with E-state index in [1.54, 1.807) is 0 Å². The van der Waals surface area contributed by atoms with Crippen molar-refractivity contribution >= 4 is 11.6 Å². The second kappa shape index (κ2) is 7.13. The number of hydrogen-bond acceptors (Lipinski definition) is 3. The summed E-state index contributed by atoms with van der Waals surface area (Å²) in [4.78, 5) is 0. The van der Waals surface area contributed by atoms with Gasteiger partial charge in [-0.1, -0.05) is 23.7 Å². The fourth-order valence-electron chi connectivity index (χ4n) is 2.39. The molecule has 19 heavy (non-hydrogen) atoms. The molecule has 0 bridgehead atoms. The van der Waals surface area contributed by atoms with Crippen LogP contribution in [0.5, 0.6) is 5.75 Å². The molecule has 2 unspecified atom stereocenters. The molecule has 0 radical (unpaired) electrons. The van der Waals surface area contributed by atoms with Gasteiger partial charge in [-0.2, -0.15) is 0 Å². The van der Waals surface area contributed by atoms with Crippen LogP contribution in [0.1, 0.15) is 31.7 Å². The monoisotopic (exact) mass is 283 g/mol. The van der Waals surface area contributed by atoms with E-state index in [9.17, 15) is 0 Å². The number of ether oxygens (including phenoxy) is 2. The molecule has 1 aromatic rings. The normalized spacial score (nSPS) is 20.5. The lowest BCUT2D eigenvalue weighted by atomic mass is 10.1. The van der Waals surface area contributed by atoms with Gasteiger partial charge in [-0.05, 0) is 37.8 Å². The van der Waals surface area contributed by atoms with Gasteiger partial charge in [0.05, 0.1) is 17.7 Å². The lowest BCUT2D eigenvalue weighted by Gasteiger charge is -2.16. The molecular formula is C15H22ClNO2. The van der Waals surface area contributed by atoms with Crippen molar-refractivity contribution < 1.29 is 9.47 Å². The standard InChI is InChI=1S/C15H22ClNO2/c1-11(17)10-12-4-2-6-14(16)15(12)19-9-7-13-5-3-8-18-13/h2,4,6,11,13H,3,5,7-10,17H2,1H3. The van der Waals surface area contributed by atoms with Gasteiger partial charge in [-0.3, -0.25) is 0 Å². The maximum atomic E-state index is 6.21. The number of nitrogens with two attached hydrogens (primary N) is 1. The highest BCUT2D eigenvalue weighted by molar-refractivity contribution is 6.32. The first-order valence-corrected chi connectivity index (χ1v) is 7.32. The topological polar surface area (TPSA) is 44.5 Å². The molecule has 0 aromatic heterocycles. The van der Waals surface area contributed by atoms with Gasteiger partial charge >= 0.3 is 0 Å².